The molecule has 11 heteroatoms. The Labute approximate surface area is 233 Å². The summed E-state index contributed by atoms with van der Waals surface area (Å²) in [5, 5.41) is 11.2. The van der Waals surface area contributed by atoms with Crippen molar-refractivity contribution >= 4 is 28.4 Å². The van der Waals surface area contributed by atoms with Crippen LogP contribution < -0.4 is 15.8 Å². The van der Waals surface area contributed by atoms with Crippen molar-refractivity contribution in [3.63, 3.8) is 0 Å². The summed E-state index contributed by atoms with van der Waals surface area (Å²) in [4.78, 5) is 18.7. The molecule has 1 aromatic carbocycles. The summed E-state index contributed by atoms with van der Waals surface area (Å²) >= 11 is 0. The normalized spacial score (nSPS) is 13.8. The van der Waals surface area contributed by atoms with Crippen molar-refractivity contribution in [2.75, 3.05) is 25.0 Å². The van der Waals surface area contributed by atoms with Crippen molar-refractivity contribution in [2.24, 2.45) is 10.1 Å². The SMILES string of the molecule is CCC/C=C(NCCCN(CCC)C(=O)CCCCC)/C(=C\N=C(C)Nc1cccc(S(N)=O)c1)C(F)(F)F. The summed E-state index contributed by atoms with van der Waals surface area (Å²) in [6, 6.07) is 6.46. The highest BCUT2D eigenvalue weighted by Crippen LogP contribution is 2.30. The van der Waals surface area contributed by atoms with E-state index >= 15 is 0 Å². The lowest BCUT2D eigenvalue weighted by Gasteiger charge is -2.23. The fraction of sp³-hybridized carbons (Fsp3) is 0.571. The van der Waals surface area contributed by atoms with E-state index in [2.05, 4.69) is 22.5 Å². The number of amidine groups is 1. The summed E-state index contributed by atoms with van der Waals surface area (Å²) < 4.78 is 53.7. The highest BCUT2D eigenvalue weighted by atomic mass is 32.2. The fourth-order valence-electron chi connectivity index (χ4n) is 3.77. The molecule has 0 radical (unpaired) electrons. The molecule has 1 unspecified atom stereocenters. The monoisotopic (exact) mass is 571 g/mol. The Balaban J connectivity index is 2.98. The minimum atomic E-state index is -4.63. The van der Waals surface area contributed by atoms with E-state index in [0.29, 0.717) is 49.4 Å². The number of hydrogen-bond donors (Lipinski definition) is 3. The molecule has 0 bridgehead atoms. The van der Waals surface area contributed by atoms with Crippen LogP contribution in [0.15, 0.2) is 57.7 Å². The van der Waals surface area contributed by atoms with Crippen LogP contribution in [-0.2, 0) is 15.8 Å². The van der Waals surface area contributed by atoms with Crippen LogP contribution in [0.2, 0.25) is 0 Å². The van der Waals surface area contributed by atoms with Gasteiger partial charge in [-0.25, -0.2) is 14.3 Å². The highest BCUT2D eigenvalue weighted by molar-refractivity contribution is 7.82. The number of alkyl halides is 3. The number of nitrogens with one attached hydrogen (secondary N) is 2. The Morgan fingerprint density at radius 2 is 1.85 bits per heavy atom. The molecular formula is C28H44F3N5O2S. The predicted octanol–water partition coefficient (Wildman–Crippen LogP) is 6.43. The van der Waals surface area contributed by atoms with Crippen LogP contribution in [0.5, 0.6) is 0 Å². The molecule has 1 atom stereocenters. The second kappa shape index (κ2) is 18.6. The molecule has 0 saturated carbocycles. The van der Waals surface area contributed by atoms with Gasteiger partial charge in [-0.05, 0) is 50.8 Å². The van der Waals surface area contributed by atoms with Crippen LogP contribution in [0.25, 0.3) is 0 Å². The van der Waals surface area contributed by atoms with Gasteiger partial charge >= 0.3 is 6.18 Å². The van der Waals surface area contributed by atoms with Crippen molar-refractivity contribution in [3.05, 3.63) is 47.8 Å². The number of amides is 1. The second-order valence-corrected chi connectivity index (χ2v) is 10.3. The number of hydrogen-bond acceptors (Lipinski definition) is 4. The molecule has 1 aromatic rings. The van der Waals surface area contributed by atoms with Gasteiger partial charge < -0.3 is 15.5 Å². The summed E-state index contributed by atoms with van der Waals surface area (Å²) in [6.45, 7) is 8.95. The highest BCUT2D eigenvalue weighted by Gasteiger charge is 2.36. The predicted molar refractivity (Wildman–Crippen MR) is 155 cm³/mol. The van der Waals surface area contributed by atoms with Crippen molar-refractivity contribution in [3.8, 4) is 0 Å². The zero-order chi connectivity index (χ0) is 29.3. The number of benzene rings is 1. The van der Waals surface area contributed by atoms with Crippen LogP contribution in [0.3, 0.4) is 0 Å². The van der Waals surface area contributed by atoms with E-state index in [1.54, 1.807) is 31.2 Å². The average molecular weight is 572 g/mol. The maximum Gasteiger partial charge on any atom is 0.419 e. The molecular weight excluding hydrogens is 527 g/mol. The van der Waals surface area contributed by atoms with Gasteiger partial charge in [-0.2, -0.15) is 13.2 Å². The lowest BCUT2D eigenvalue weighted by atomic mass is 10.1. The lowest BCUT2D eigenvalue weighted by Crippen LogP contribution is -2.34. The molecule has 4 N–H and O–H groups in total. The number of aliphatic imine (C=N–C) groups is 1. The topological polar surface area (TPSA) is 99.8 Å². The van der Waals surface area contributed by atoms with Crippen LogP contribution >= 0.6 is 0 Å². The molecule has 0 spiro atoms. The van der Waals surface area contributed by atoms with E-state index in [4.69, 9.17) is 5.14 Å². The third-order valence-electron chi connectivity index (χ3n) is 5.77. The standard InChI is InChI=1S/C28H44F3N5O2S/c1-5-8-10-16-27(37)36(18-7-3)19-12-17-33-26(15-9-6-2)25(28(29,30)31)21-34-22(4)35-23-13-11-14-24(20-23)39(32)38/h11,13-15,20-21,33H,5-10,12,16-19,32H2,1-4H3,(H,34,35)/b25-21+,26-15-. The van der Waals surface area contributed by atoms with Gasteiger partial charge in [0.25, 0.3) is 0 Å². The summed E-state index contributed by atoms with van der Waals surface area (Å²) in [5.41, 5.74) is -0.400. The largest absolute Gasteiger partial charge is 0.419 e. The average Bonchev–Trinajstić information content (AvgIpc) is 2.87. The van der Waals surface area contributed by atoms with E-state index in [0.717, 1.165) is 31.9 Å². The van der Waals surface area contributed by atoms with E-state index in [1.165, 1.54) is 6.08 Å². The summed E-state index contributed by atoms with van der Waals surface area (Å²) in [7, 11) is -1.68. The van der Waals surface area contributed by atoms with Gasteiger partial charge in [0.05, 0.1) is 10.5 Å². The first-order valence-electron chi connectivity index (χ1n) is 13.6. The third kappa shape index (κ3) is 13.8. The maximum absolute atomic E-state index is 14.1. The second-order valence-electron chi connectivity index (χ2n) is 9.23. The smallest absolute Gasteiger partial charge is 0.385 e. The van der Waals surface area contributed by atoms with Crippen molar-refractivity contribution < 1.29 is 22.2 Å². The number of anilines is 1. The maximum atomic E-state index is 14.1. The van der Waals surface area contributed by atoms with E-state index in [-0.39, 0.29) is 24.0 Å². The van der Waals surface area contributed by atoms with Crippen molar-refractivity contribution in [1.82, 2.24) is 10.2 Å². The Bertz CT molecular complexity index is 1010. The molecule has 0 saturated heterocycles. The Hall–Kier alpha value is -2.66. The molecule has 1 amide bonds. The van der Waals surface area contributed by atoms with E-state index in [1.807, 2.05) is 18.7 Å². The summed E-state index contributed by atoms with van der Waals surface area (Å²) in [5.74, 6) is 0.326. The number of nitrogens with zero attached hydrogens (tertiary/aromatic N) is 2. The van der Waals surface area contributed by atoms with Crippen molar-refractivity contribution in [2.45, 2.75) is 90.1 Å². The minimum absolute atomic E-state index is 0.0299. The molecule has 39 heavy (non-hydrogen) atoms. The summed E-state index contributed by atoms with van der Waals surface area (Å²) in [6.07, 6.45) is 3.63. The molecule has 0 aliphatic carbocycles. The van der Waals surface area contributed by atoms with Crippen LogP contribution in [0.1, 0.15) is 79.1 Å². The van der Waals surface area contributed by atoms with Gasteiger partial charge in [0.2, 0.25) is 5.91 Å². The zero-order valence-corrected chi connectivity index (χ0v) is 24.4. The first kappa shape index (κ1) is 34.4. The van der Waals surface area contributed by atoms with Gasteiger partial charge in [-0.3, -0.25) is 4.79 Å². The molecule has 0 aliphatic heterocycles. The van der Waals surface area contributed by atoms with E-state index in [9.17, 15) is 22.2 Å². The van der Waals surface area contributed by atoms with Crippen LogP contribution in [0, 0.1) is 0 Å². The van der Waals surface area contributed by atoms with Crippen LogP contribution in [0.4, 0.5) is 18.9 Å². The Morgan fingerprint density at radius 3 is 2.46 bits per heavy atom. The number of halogens is 3. The first-order valence-corrected chi connectivity index (χ1v) is 14.8. The van der Waals surface area contributed by atoms with Gasteiger partial charge in [0.15, 0.2) is 0 Å². The minimum Gasteiger partial charge on any atom is -0.385 e. The van der Waals surface area contributed by atoms with E-state index < -0.39 is 22.7 Å². The Kier molecular flexibility index (Phi) is 16.4. The third-order valence-corrected chi connectivity index (χ3v) is 6.49. The molecule has 0 aromatic heterocycles. The number of rotatable bonds is 17. The first-order chi connectivity index (χ1) is 18.5. The molecule has 7 nitrogen and oxygen atoms in total. The quantitative estimate of drug-likeness (QED) is 0.0869. The number of carbonyl (C=O) groups excluding carboxylic acids is 1. The molecule has 0 heterocycles. The molecule has 0 aliphatic rings. The lowest BCUT2D eigenvalue weighted by molar-refractivity contribution is -0.131. The van der Waals surface area contributed by atoms with Crippen LogP contribution in [-0.4, -0.2) is 46.7 Å². The number of carbonyl (C=O) groups is 1. The van der Waals surface area contributed by atoms with Gasteiger partial charge in [-0.15, -0.1) is 0 Å². The Morgan fingerprint density at radius 1 is 1.10 bits per heavy atom. The zero-order valence-electron chi connectivity index (χ0n) is 23.6. The molecule has 220 valence electrons. The number of allylic oxidation sites excluding steroid dienone is 2. The molecule has 0 fully saturated rings. The van der Waals surface area contributed by atoms with Gasteiger partial charge in [0, 0.05) is 43.6 Å². The number of nitrogens with two attached hydrogens (primary N) is 1. The molecule has 1 rings (SSSR count). The van der Waals surface area contributed by atoms with Gasteiger partial charge in [0.1, 0.15) is 16.8 Å². The fourth-order valence-corrected chi connectivity index (χ4v) is 4.23. The number of unbranched alkanes of at least 4 members (excludes halogenated alkanes) is 3. The van der Waals surface area contributed by atoms with Crippen molar-refractivity contribution in [1.29, 1.82) is 0 Å². The van der Waals surface area contributed by atoms with Gasteiger partial charge in [-0.1, -0.05) is 52.2 Å².